The molecule has 0 atom stereocenters. The van der Waals surface area contributed by atoms with Gasteiger partial charge in [-0.1, -0.05) is 28.1 Å². The van der Waals surface area contributed by atoms with E-state index in [0.29, 0.717) is 11.1 Å². The molecule has 0 aliphatic carbocycles. The summed E-state index contributed by atoms with van der Waals surface area (Å²) >= 11 is 3.41. The van der Waals surface area contributed by atoms with Gasteiger partial charge in [0.15, 0.2) is 0 Å². The van der Waals surface area contributed by atoms with Crippen molar-refractivity contribution in [3.8, 4) is 0 Å². The van der Waals surface area contributed by atoms with Crippen LogP contribution in [0.4, 0.5) is 5.69 Å². The lowest BCUT2D eigenvalue weighted by Gasteiger charge is -2.01. The fourth-order valence-electron chi connectivity index (χ4n) is 2.30. The van der Waals surface area contributed by atoms with Crippen LogP contribution in [0.25, 0.3) is 11.6 Å². The van der Waals surface area contributed by atoms with Crippen LogP contribution in [0, 0.1) is 0 Å². The summed E-state index contributed by atoms with van der Waals surface area (Å²) in [6, 6.07) is 12.6. The molecule has 0 unspecified atom stereocenters. The molecule has 0 fully saturated rings. The molecule has 4 nitrogen and oxygen atoms in total. The van der Waals surface area contributed by atoms with E-state index in [-0.39, 0.29) is 11.9 Å². The molecule has 22 heavy (non-hydrogen) atoms. The number of fused-ring (bicyclic) bond motifs is 1. The predicted molar refractivity (Wildman–Crippen MR) is 88.4 cm³/mol. The lowest BCUT2D eigenvalue weighted by molar-refractivity contribution is -0.110. The number of carbonyl (C=O) groups excluding carboxylic acids is 2. The van der Waals surface area contributed by atoms with Gasteiger partial charge < -0.3 is 10.1 Å². The normalized spacial score (nSPS) is 14.6. The summed E-state index contributed by atoms with van der Waals surface area (Å²) in [7, 11) is 1.34. The number of hydrogen-bond acceptors (Lipinski definition) is 3. The molecule has 0 saturated heterocycles. The van der Waals surface area contributed by atoms with Crippen LogP contribution >= 0.6 is 15.9 Å². The number of benzene rings is 2. The van der Waals surface area contributed by atoms with Crippen molar-refractivity contribution in [3.63, 3.8) is 0 Å². The van der Waals surface area contributed by atoms with Crippen LogP contribution in [0.2, 0.25) is 0 Å². The second-order valence-electron chi connectivity index (χ2n) is 4.82. The third kappa shape index (κ3) is 2.67. The van der Waals surface area contributed by atoms with Crippen LogP contribution in [-0.4, -0.2) is 19.0 Å². The number of amides is 1. The number of methoxy groups -OCH3 is 1. The zero-order chi connectivity index (χ0) is 15.7. The predicted octanol–water partition coefficient (Wildman–Crippen LogP) is 3.73. The first-order valence-corrected chi connectivity index (χ1v) is 7.39. The van der Waals surface area contributed by atoms with Gasteiger partial charge in [-0.2, -0.15) is 0 Å². The Morgan fingerprint density at radius 3 is 2.59 bits per heavy atom. The molecule has 2 aromatic carbocycles. The van der Waals surface area contributed by atoms with Gasteiger partial charge in [0.25, 0.3) is 5.91 Å². The highest BCUT2D eigenvalue weighted by Gasteiger charge is 2.24. The highest BCUT2D eigenvalue weighted by molar-refractivity contribution is 9.10. The van der Waals surface area contributed by atoms with Crippen molar-refractivity contribution in [1.82, 2.24) is 0 Å². The molecule has 1 N–H and O–H groups in total. The fraction of sp³-hybridized carbons (Fsp3) is 0.0588. The van der Waals surface area contributed by atoms with Crippen molar-refractivity contribution >= 4 is 45.1 Å². The molecule has 1 aliphatic rings. The van der Waals surface area contributed by atoms with Gasteiger partial charge in [0.2, 0.25) is 0 Å². The van der Waals surface area contributed by atoms with Gasteiger partial charge in [0.1, 0.15) is 0 Å². The number of halogens is 1. The highest BCUT2D eigenvalue weighted by Crippen LogP contribution is 2.34. The van der Waals surface area contributed by atoms with E-state index in [2.05, 4.69) is 26.0 Å². The maximum Gasteiger partial charge on any atom is 0.337 e. The van der Waals surface area contributed by atoms with E-state index in [1.54, 1.807) is 30.3 Å². The first-order chi connectivity index (χ1) is 10.6. The Bertz CT molecular complexity index is 794. The third-order valence-electron chi connectivity index (χ3n) is 3.41. The smallest absolute Gasteiger partial charge is 0.337 e. The largest absolute Gasteiger partial charge is 0.465 e. The van der Waals surface area contributed by atoms with Gasteiger partial charge in [0.05, 0.1) is 12.7 Å². The summed E-state index contributed by atoms with van der Waals surface area (Å²) in [5, 5.41) is 2.83. The second kappa shape index (κ2) is 5.77. The Hall–Kier alpha value is -2.40. The van der Waals surface area contributed by atoms with Gasteiger partial charge in [-0.05, 0) is 42.0 Å². The summed E-state index contributed by atoms with van der Waals surface area (Å²) in [6.45, 7) is 0. The number of hydrogen-bond donors (Lipinski definition) is 1. The van der Waals surface area contributed by atoms with Gasteiger partial charge >= 0.3 is 5.97 Å². The lowest BCUT2D eigenvalue weighted by Crippen LogP contribution is -2.03. The van der Waals surface area contributed by atoms with Crippen LogP contribution in [0.1, 0.15) is 21.5 Å². The van der Waals surface area contributed by atoms with E-state index >= 15 is 0 Å². The average molecular weight is 358 g/mol. The van der Waals surface area contributed by atoms with Crippen LogP contribution in [0.15, 0.2) is 46.9 Å². The lowest BCUT2D eigenvalue weighted by atomic mass is 10.0. The molecule has 1 aliphatic heterocycles. The summed E-state index contributed by atoms with van der Waals surface area (Å²) in [4.78, 5) is 23.5. The van der Waals surface area contributed by atoms with Crippen molar-refractivity contribution in [2.75, 3.05) is 12.4 Å². The molecular formula is C17H12BrNO3. The SMILES string of the molecule is COC(=O)c1ccc(C=C2C(=O)Nc3ccc(Br)cc32)cc1. The van der Waals surface area contributed by atoms with E-state index in [0.717, 1.165) is 21.3 Å². The number of ether oxygens (including phenoxy) is 1. The van der Waals surface area contributed by atoms with Crippen molar-refractivity contribution in [1.29, 1.82) is 0 Å². The van der Waals surface area contributed by atoms with E-state index in [9.17, 15) is 9.59 Å². The van der Waals surface area contributed by atoms with Gasteiger partial charge in [-0.15, -0.1) is 0 Å². The minimum absolute atomic E-state index is 0.134. The molecule has 3 rings (SSSR count). The van der Waals surface area contributed by atoms with Crippen LogP contribution in [-0.2, 0) is 9.53 Å². The zero-order valence-electron chi connectivity index (χ0n) is 11.7. The van der Waals surface area contributed by atoms with Gasteiger partial charge in [0, 0.05) is 21.3 Å². The highest BCUT2D eigenvalue weighted by atomic mass is 79.9. The molecule has 110 valence electrons. The fourth-order valence-corrected chi connectivity index (χ4v) is 2.66. The molecule has 0 radical (unpaired) electrons. The Kier molecular flexibility index (Phi) is 3.81. The number of rotatable bonds is 2. The quantitative estimate of drug-likeness (QED) is 0.658. The molecule has 0 bridgehead atoms. The first kappa shape index (κ1) is 14.5. The van der Waals surface area contributed by atoms with Gasteiger partial charge in [-0.25, -0.2) is 4.79 Å². The van der Waals surface area contributed by atoms with E-state index < -0.39 is 0 Å². The molecule has 1 heterocycles. The van der Waals surface area contributed by atoms with Crippen LogP contribution in [0.5, 0.6) is 0 Å². The minimum atomic E-state index is -0.382. The maximum atomic E-state index is 12.1. The zero-order valence-corrected chi connectivity index (χ0v) is 13.3. The van der Waals surface area contributed by atoms with E-state index in [4.69, 9.17) is 0 Å². The molecule has 0 saturated carbocycles. The summed E-state index contributed by atoms with van der Waals surface area (Å²) in [6.07, 6.45) is 1.80. The first-order valence-electron chi connectivity index (χ1n) is 6.60. The summed E-state index contributed by atoms with van der Waals surface area (Å²) in [5.41, 5.74) is 3.57. The average Bonchev–Trinajstić information content (AvgIpc) is 2.83. The Morgan fingerprint density at radius 1 is 1.18 bits per heavy atom. The Balaban J connectivity index is 1.97. The number of anilines is 1. The molecule has 5 heteroatoms. The third-order valence-corrected chi connectivity index (χ3v) is 3.90. The van der Waals surface area contributed by atoms with Crippen molar-refractivity contribution < 1.29 is 14.3 Å². The van der Waals surface area contributed by atoms with E-state index in [1.165, 1.54) is 7.11 Å². The summed E-state index contributed by atoms with van der Waals surface area (Å²) in [5.74, 6) is -0.516. The molecule has 0 spiro atoms. The Morgan fingerprint density at radius 2 is 1.91 bits per heavy atom. The van der Waals surface area contributed by atoms with Crippen molar-refractivity contribution in [3.05, 3.63) is 63.6 Å². The maximum absolute atomic E-state index is 12.1. The molecule has 1 amide bonds. The molecule has 2 aromatic rings. The number of nitrogens with one attached hydrogen (secondary N) is 1. The topological polar surface area (TPSA) is 55.4 Å². The molecular weight excluding hydrogens is 346 g/mol. The van der Waals surface area contributed by atoms with Crippen molar-refractivity contribution in [2.24, 2.45) is 0 Å². The van der Waals surface area contributed by atoms with Crippen LogP contribution in [0.3, 0.4) is 0 Å². The summed E-state index contributed by atoms with van der Waals surface area (Å²) < 4.78 is 5.57. The number of esters is 1. The number of carbonyl (C=O) groups is 2. The second-order valence-corrected chi connectivity index (χ2v) is 5.73. The minimum Gasteiger partial charge on any atom is -0.465 e. The van der Waals surface area contributed by atoms with Crippen molar-refractivity contribution in [2.45, 2.75) is 0 Å². The Labute approximate surface area is 135 Å². The van der Waals surface area contributed by atoms with Gasteiger partial charge in [-0.3, -0.25) is 4.79 Å². The monoisotopic (exact) mass is 357 g/mol. The standard InChI is InChI=1S/C17H12BrNO3/c1-22-17(21)11-4-2-10(3-5-11)8-14-13-9-12(18)6-7-15(13)19-16(14)20/h2-9H,1H3,(H,19,20). The molecule has 0 aromatic heterocycles. The van der Waals surface area contributed by atoms with Crippen LogP contribution < -0.4 is 5.32 Å². The van der Waals surface area contributed by atoms with E-state index in [1.807, 2.05) is 18.2 Å².